The van der Waals surface area contributed by atoms with E-state index >= 15 is 0 Å². The zero-order valence-electron chi connectivity index (χ0n) is 27.5. The first-order valence-electron chi connectivity index (χ1n) is 16.7. The molecule has 1 amide bonds. The molecule has 2 fully saturated rings. The first kappa shape index (κ1) is 31.4. The quantitative estimate of drug-likeness (QED) is 0.204. The number of carbonyl (C=O) groups excluding carboxylic acids is 1. The highest BCUT2D eigenvalue weighted by molar-refractivity contribution is 7.15. The highest BCUT2D eigenvalue weighted by Crippen LogP contribution is 2.40. The molecule has 10 nitrogen and oxygen atoms in total. The minimum Gasteiger partial charge on any atom is -0.481 e. The number of thiazole rings is 1. The summed E-state index contributed by atoms with van der Waals surface area (Å²) in [4.78, 5) is 41.5. The van der Waals surface area contributed by atoms with Gasteiger partial charge in [-0.3, -0.25) is 19.4 Å². The molecule has 5 heterocycles. The molecule has 0 radical (unpaired) electrons. The molecule has 0 aliphatic carbocycles. The van der Waals surface area contributed by atoms with Crippen molar-refractivity contribution in [2.24, 2.45) is 5.92 Å². The smallest absolute Gasteiger partial charge is 0.307 e. The summed E-state index contributed by atoms with van der Waals surface area (Å²) in [6.07, 6.45) is 1.80. The van der Waals surface area contributed by atoms with Crippen LogP contribution in [0.1, 0.15) is 45.7 Å². The van der Waals surface area contributed by atoms with Crippen LogP contribution in [0, 0.1) is 31.1 Å². The molecule has 3 aliphatic rings. The third-order valence-electron chi connectivity index (χ3n) is 10.2. The number of aliphatic carboxylic acids is 1. The molecule has 0 spiro atoms. The summed E-state index contributed by atoms with van der Waals surface area (Å²) < 4.78 is 6.27. The molecule has 0 saturated carbocycles. The van der Waals surface area contributed by atoms with Crippen LogP contribution in [0.15, 0.2) is 52.9 Å². The van der Waals surface area contributed by atoms with E-state index in [9.17, 15) is 20.0 Å². The molecule has 0 bridgehead atoms. The normalized spacial score (nSPS) is 17.7. The van der Waals surface area contributed by atoms with Crippen molar-refractivity contribution in [1.82, 2.24) is 24.7 Å². The van der Waals surface area contributed by atoms with E-state index in [-0.39, 0.29) is 11.8 Å². The molecule has 49 heavy (non-hydrogen) atoms. The Morgan fingerprint density at radius 1 is 0.980 bits per heavy atom. The van der Waals surface area contributed by atoms with Gasteiger partial charge in [-0.15, -0.1) is 11.3 Å². The number of likely N-dealkylation sites (tertiary alicyclic amines) is 2. The van der Waals surface area contributed by atoms with Crippen molar-refractivity contribution in [1.29, 1.82) is 5.26 Å². The lowest BCUT2D eigenvalue weighted by molar-refractivity contribution is -0.141. The fourth-order valence-electron chi connectivity index (χ4n) is 7.30. The summed E-state index contributed by atoms with van der Waals surface area (Å²) >= 11 is 1.68. The number of carboxylic acid groups (broad SMARTS) is 1. The minimum absolute atomic E-state index is 0.181. The average molecular weight is 673 g/mol. The Kier molecular flexibility index (Phi) is 8.02. The standard InChI is InChI=1S/C38H36N6O4S/c1-22-27(28-7-4-9-30(23(28)2)37-41-32-19-44(20-33(32)49-37)34(45)21-42-11-5-12-42)6-3-8-29(22)36-40-31-15-24(14-26(16-39)35(31)48-36)17-43-13-10-25(18-43)38(46)47/h3-4,6-9,14-15,25H,5,10-13,17-21H2,1-2H3,(H,46,47). The van der Waals surface area contributed by atoms with Crippen molar-refractivity contribution in [3.8, 4) is 39.2 Å². The molecule has 8 rings (SSSR count). The highest BCUT2D eigenvalue weighted by atomic mass is 32.1. The van der Waals surface area contributed by atoms with Crippen LogP contribution >= 0.6 is 11.3 Å². The number of hydrogen-bond acceptors (Lipinski definition) is 9. The number of hydrogen-bond donors (Lipinski definition) is 1. The maximum atomic E-state index is 12.8. The molecular formula is C38H36N6O4S. The van der Waals surface area contributed by atoms with Crippen molar-refractivity contribution in [3.63, 3.8) is 0 Å². The maximum absolute atomic E-state index is 12.8. The lowest BCUT2D eigenvalue weighted by Gasteiger charge is -2.31. The number of benzene rings is 3. The molecule has 3 aromatic carbocycles. The largest absolute Gasteiger partial charge is 0.481 e. The SMILES string of the molecule is Cc1c(-c2nc3cc(CN4CCC(C(=O)O)C4)cc(C#N)c3o2)cccc1-c1cccc(-c2nc3c(s2)CN(C(=O)CN2CCC2)C3)c1C. The Morgan fingerprint density at radius 2 is 1.71 bits per heavy atom. The van der Waals surface area contributed by atoms with Gasteiger partial charge in [0.2, 0.25) is 11.8 Å². The Hall–Kier alpha value is -4.89. The van der Waals surface area contributed by atoms with Gasteiger partial charge in [0.15, 0.2) is 5.58 Å². The second-order valence-electron chi connectivity index (χ2n) is 13.4. The zero-order valence-corrected chi connectivity index (χ0v) is 28.3. The average Bonchev–Trinajstić information content (AvgIpc) is 3.86. The van der Waals surface area contributed by atoms with E-state index in [2.05, 4.69) is 54.0 Å². The summed E-state index contributed by atoms with van der Waals surface area (Å²) in [7, 11) is 0. The van der Waals surface area contributed by atoms with Crippen LogP contribution in [-0.2, 0) is 29.2 Å². The van der Waals surface area contributed by atoms with Gasteiger partial charge in [0.1, 0.15) is 16.6 Å². The minimum atomic E-state index is -0.763. The van der Waals surface area contributed by atoms with Gasteiger partial charge in [-0.2, -0.15) is 5.26 Å². The number of nitrogens with zero attached hydrogens (tertiary/aromatic N) is 6. The van der Waals surface area contributed by atoms with Gasteiger partial charge in [-0.05, 0) is 92.3 Å². The fourth-order valence-corrected chi connectivity index (χ4v) is 8.47. The molecule has 11 heteroatoms. The van der Waals surface area contributed by atoms with Crippen molar-refractivity contribution in [2.75, 3.05) is 32.7 Å². The van der Waals surface area contributed by atoms with Crippen molar-refractivity contribution in [3.05, 3.63) is 81.4 Å². The van der Waals surface area contributed by atoms with E-state index in [4.69, 9.17) is 14.4 Å². The number of aromatic nitrogens is 2. The topological polar surface area (TPSA) is 127 Å². The molecular weight excluding hydrogens is 637 g/mol. The molecule has 248 valence electrons. The number of oxazole rings is 1. The first-order chi connectivity index (χ1) is 23.7. The lowest BCUT2D eigenvalue weighted by atomic mass is 9.91. The van der Waals surface area contributed by atoms with Gasteiger partial charge >= 0.3 is 5.97 Å². The van der Waals surface area contributed by atoms with E-state index in [0.29, 0.717) is 68.2 Å². The van der Waals surface area contributed by atoms with E-state index in [1.54, 1.807) is 11.3 Å². The van der Waals surface area contributed by atoms with Gasteiger partial charge in [0, 0.05) is 29.1 Å². The Balaban J connectivity index is 1.06. The second kappa shape index (κ2) is 12.5. The number of amides is 1. The van der Waals surface area contributed by atoms with Gasteiger partial charge in [0.05, 0.1) is 36.8 Å². The highest BCUT2D eigenvalue weighted by Gasteiger charge is 2.30. The summed E-state index contributed by atoms with van der Waals surface area (Å²) in [6.45, 7) is 9.67. The van der Waals surface area contributed by atoms with Crippen LogP contribution < -0.4 is 0 Å². The predicted octanol–water partition coefficient (Wildman–Crippen LogP) is 6.23. The van der Waals surface area contributed by atoms with E-state index in [0.717, 1.165) is 67.6 Å². The van der Waals surface area contributed by atoms with Crippen LogP contribution in [0.25, 0.3) is 44.3 Å². The van der Waals surface area contributed by atoms with Gasteiger partial charge < -0.3 is 14.4 Å². The molecule has 1 atom stereocenters. The van der Waals surface area contributed by atoms with E-state index in [1.807, 2.05) is 29.2 Å². The Labute approximate surface area is 288 Å². The number of carboxylic acids is 1. The third-order valence-corrected chi connectivity index (χ3v) is 11.3. The molecule has 1 unspecified atom stereocenters. The second-order valence-corrected chi connectivity index (χ2v) is 14.5. The van der Waals surface area contributed by atoms with Crippen LogP contribution in [0.4, 0.5) is 0 Å². The molecule has 3 aliphatic heterocycles. The number of nitriles is 1. The fraction of sp³-hybridized carbons (Fsp3) is 0.342. The summed E-state index contributed by atoms with van der Waals surface area (Å²) in [6, 6.07) is 18.4. The molecule has 5 aromatic rings. The zero-order chi connectivity index (χ0) is 33.8. The predicted molar refractivity (Wildman–Crippen MR) is 187 cm³/mol. The Morgan fingerprint density at radius 3 is 2.39 bits per heavy atom. The lowest BCUT2D eigenvalue weighted by Crippen LogP contribution is -2.44. The summed E-state index contributed by atoms with van der Waals surface area (Å²) in [5.74, 6) is -0.488. The molecule has 1 N–H and O–H groups in total. The van der Waals surface area contributed by atoms with E-state index < -0.39 is 5.97 Å². The van der Waals surface area contributed by atoms with Crippen molar-refractivity contribution < 1.29 is 19.1 Å². The van der Waals surface area contributed by atoms with Gasteiger partial charge in [0.25, 0.3) is 0 Å². The van der Waals surface area contributed by atoms with Gasteiger partial charge in [-0.1, -0.05) is 30.3 Å². The summed E-state index contributed by atoms with van der Waals surface area (Å²) in [5.41, 5.74) is 9.62. The summed E-state index contributed by atoms with van der Waals surface area (Å²) in [5, 5.41) is 20.3. The number of rotatable bonds is 8. The van der Waals surface area contributed by atoms with Crippen LogP contribution in [-0.4, -0.2) is 74.4 Å². The third kappa shape index (κ3) is 5.80. The number of fused-ring (bicyclic) bond motifs is 2. The molecule has 2 aromatic heterocycles. The van der Waals surface area contributed by atoms with Crippen LogP contribution in [0.3, 0.4) is 0 Å². The molecule has 2 saturated heterocycles. The Bertz CT molecular complexity index is 2150. The van der Waals surface area contributed by atoms with Gasteiger partial charge in [-0.25, -0.2) is 9.97 Å². The van der Waals surface area contributed by atoms with Crippen molar-refractivity contribution >= 4 is 34.3 Å². The monoisotopic (exact) mass is 672 g/mol. The first-order valence-corrected chi connectivity index (χ1v) is 17.5. The number of carbonyl (C=O) groups is 2. The maximum Gasteiger partial charge on any atom is 0.307 e. The van der Waals surface area contributed by atoms with Crippen molar-refractivity contribution in [2.45, 2.75) is 46.3 Å². The van der Waals surface area contributed by atoms with Crippen LogP contribution in [0.2, 0.25) is 0 Å². The van der Waals surface area contributed by atoms with E-state index in [1.165, 1.54) is 6.42 Å². The van der Waals surface area contributed by atoms with Crippen LogP contribution in [0.5, 0.6) is 0 Å².